The van der Waals surface area contributed by atoms with Crippen molar-refractivity contribution in [1.29, 1.82) is 0 Å². The topological polar surface area (TPSA) is 105 Å². The fraction of sp³-hybridized carbons (Fsp3) is 0.0222. The van der Waals surface area contributed by atoms with Gasteiger partial charge in [0.25, 0.3) is 0 Å². The van der Waals surface area contributed by atoms with E-state index >= 15 is 0 Å². The minimum atomic E-state index is -3.33. The SMILES string of the molecule is C[O][Sb+]1[n]2c3ccc2C(c2ccccc2)=C2C=CC(=N2)C(c2ccccc2)=c2ccc([n]21)=C(c1ccccc1)C1=NC(=C3c2ccccc2)C=C1.O.[OH-]. The third-order valence-corrected chi connectivity index (χ3v) is 15.1. The monoisotopic (exact) mass is 799 g/mol. The van der Waals surface area contributed by atoms with Gasteiger partial charge < -0.3 is 11.0 Å². The molecule has 0 unspecified atom stereocenters. The summed E-state index contributed by atoms with van der Waals surface area (Å²) >= 11 is -3.33. The second-order valence-electron chi connectivity index (χ2n) is 12.7. The van der Waals surface area contributed by atoms with Gasteiger partial charge >= 0.3 is 306 Å². The first-order valence-corrected chi connectivity index (χ1v) is 20.4. The van der Waals surface area contributed by atoms with E-state index in [1.165, 1.54) is 0 Å². The van der Waals surface area contributed by atoms with Crippen LogP contribution in [-0.2, 0) is 3.02 Å². The van der Waals surface area contributed by atoms with Crippen molar-refractivity contribution in [1.82, 2.24) is 5.45 Å². The molecule has 257 valence electrons. The van der Waals surface area contributed by atoms with Gasteiger partial charge in [-0.05, 0) is 0 Å². The molecule has 6 bridgehead atoms. The predicted octanol–water partition coefficient (Wildman–Crippen LogP) is 6.28. The molecule has 53 heavy (non-hydrogen) atoms. The van der Waals surface area contributed by atoms with Crippen molar-refractivity contribution in [2.24, 2.45) is 9.98 Å². The van der Waals surface area contributed by atoms with Crippen LogP contribution in [0.25, 0.3) is 22.3 Å². The minimum absolute atomic E-state index is 0. The summed E-state index contributed by atoms with van der Waals surface area (Å²) in [6.07, 6.45) is 8.71. The number of nitrogens with zero attached hydrogens (tertiary/aromatic N) is 4. The first-order chi connectivity index (χ1) is 25.3. The van der Waals surface area contributed by atoms with Crippen molar-refractivity contribution in [3.63, 3.8) is 0 Å². The number of hydrogen-bond acceptors (Lipinski definition) is 4. The largest absolute Gasteiger partial charge is 0.870 e. The van der Waals surface area contributed by atoms with Crippen molar-refractivity contribution >= 4 is 54.9 Å². The van der Waals surface area contributed by atoms with Crippen LogP contribution in [0.2, 0.25) is 0 Å². The molecule has 1 radical (unpaired) electrons. The van der Waals surface area contributed by atoms with E-state index in [1.54, 1.807) is 0 Å². The molecule has 0 saturated heterocycles. The summed E-state index contributed by atoms with van der Waals surface area (Å²) < 4.78 is 12.0. The number of allylic oxidation sites excluding steroid dienone is 4. The molecule has 2 aromatic heterocycles. The average molecular weight is 801 g/mol. The average Bonchev–Trinajstić information content (AvgIpc) is 4.01. The molecule has 0 atom stereocenters. The second kappa shape index (κ2) is 14.0. The molecule has 7 nitrogen and oxygen atoms in total. The third-order valence-electron chi connectivity index (χ3n) is 9.80. The summed E-state index contributed by atoms with van der Waals surface area (Å²) in [6.45, 7) is 0. The Labute approximate surface area is 315 Å². The Morgan fingerprint density at radius 3 is 1.15 bits per heavy atom. The molecule has 10 rings (SSSR count). The molecule has 0 amide bonds. The number of benzene rings is 4. The molecule has 6 heterocycles. The zero-order chi connectivity index (χ0) is 33.9. The van der Waals surface area contributed by atoms with Crippen molar-refractivity contribution in [2.75, 3.05) is 7.11 Å². The van der Waals surface area contributed by atoms with Crippen LogP contribution in [0.5, 0.6) is 0 Å². The number of hydrogen-bond donors (Lipinski definition) is 0. The van der Waals surface area contributed by atoms with Crippen molar-refractivity contribution in [2.45, 2.75) is 0 Å². The van der Waals surface area contributed by atoms with Crippen LogP contribution in [0, 0.1) is 0 Å². The van der Waals surface area contributed by atoms with E-state index in [1.807, 2.05) is 7.11 Å². The van der Waals surface area contributed by atoms with E-state index in [0.717, 1.165) is 89.4 Å². The van der Waals surface area contributed by atoms with Gasteiger partial charge in [-0.15, -0.1) is 0 Å². The molecular formula is C45H34N4O3Sb. The molecule has 6 aromatic rings. The molecular weight excluding hydrogens is 766 g/mol. The number of fused-ring (bicyclic) bond motifs is 2. The van der Waals surface area contributed by atoms with Crippen LogP contribution in [0.4, 0.5) is 0 Å². The molecule has 3 N–H and O–H groups in total. The molecule has 0 aliphatic carbocycles. The van der Waals surface area contributed by atoms with E-state index < -0.39 is 21.2 Å². The molecule has 0 spiro atoms. The molecule has 0 saturated carbocycles. The third kappa shape index (κ3) is 5.49. The second-order valence-corrected chi connectivity index (χ2v) is 17.4. The fourth-order valence-electron chi connectivity index (χ4n) is 7.64. The van der Waals surface area contributed by atoms with Gasteiger partial charge in [0.15, 0.2) is 0 Å². The fourth-order valence-corrected chi connectivity index (χ4v) is 13.1. The van der Waals surface area contributed by atoms with Gasteiger partial charge in [0.2, 0.25) is 0 Å². The summed E-state index contributed by atoms with van der Waals surface area (Å²) in [7, 11) is 1.89. The molecule has 0 fully saturated rings. The molecule has 4 aromatic carbocycles. The van der Waals surface area contributed by atoms with E-state index in [4.69, 9.17) is 13.0 Å². The van der Waals surface area contributed by atoms with Gasteiger partial charge in [-0.2, -0.15) is 0 Å². The van der Waals surface area contributed by atoms with Crippen LogP contribution in [0.15, 0.2) is 191 Å². The summed E-state index contributed by atoms with van der Waals surface area (Å²) in [4.78, 5) is 10.9. The van der Waals surface area contributed by atoms with Crippen LogP contribution >= 0.6 is 0 Å². The summed E-state index contributed by atoms with van der Waals surface area (Å²) in [5.74, 6) is 0. The van der Waals surface area contributed by atoms with Gasteiger partial charge in [0, 0.05) is 0 Å². The maximum Gasteiger partial charge on any atom is -0.412 e. The summed E-state index contributed by atoms with van der Waals surface area (Å²) in [6, 6.07) is 51.7. The Kier molecular flexibility index (Phi) is 9.03. The van der Waals surface area contributed by atoms with Crippen LogP contribution in [0.1, 0.15) is 33.6 Å². The first kappa shape index (κ1) is 34.3. The first-order valence-electron chi connectivity index (χ1n) is 17.1. The van der Waals surface area contributed by atoms with Gasteiger partial charge in [-0.25, -0.2) is 0 Å². The van der Waals surface area contributed by atoms with E-state index in [0.29, 0.717) is 0 Å². The molecule has 8 heteroatoms. The van der Waals surface area contributed by atoms with Crippen LogP contribution in [0.3, 0.4) is 0 Å². The normalized spacial score (nSPS) is 15.6. The van der Waals surface area contributed by atoms with E-state index in [-0.39, 0.29) is 11.0 Å². The maximum absolute atomic E-state index is 6.98. The van der Waals surface area contributed by atoms with Gasteiger partial charge in [0.05, 0.1) is 0 Å². The Hall–Kier alpha value is -5.82. The predicted molar refractivity (Wildman–Crippen MR) is 213 cm³/mol. The van der Waals surface area contributed by atoms with E-state index in [9.17, 15) is 0 Å². The van der Waals surface area contributed by atoms with Crippen molar-refractivity contribution < 1.29 is 14.0 Å². The van der Waals surface area contributed by atoms with Gasteiger partial charge in [-0.1, -0.05) is 0 Å². The Bertz CT molecular complexity index is 2520. The van der Waals surface area contributed by atoms with Gasteiger partial charge in [-0.3, -0.25) is 0 Å². The Morgan fingerprint density at radius 1 is 0.434 bits per heavy atom. The quantitative estimate of drug-likeness (QED) is 0.192. The Morgan fingerprint density at radius 2 is 0.792 bits per heavy atom. The molecule has 4 aliphatic heterocycles. The van der Waals surface area contributed by atoms with Crippen LogP contribution in [-0.4, -0.2) is 56.1 Å². The van der Waals surface area contributed by atoms with Crippen molar-refractivity contribution in [3.05, 3.63) is 226 Å². The number of aromatic nitrogens is 2. The smallest absolute Gasteiger partial charge is 0.412 e. The summed E-state index contributed by atoms with van der Waals surface area (Å²) in [5.41, 5.74) is 14.7. The number of aliphatic imine (C=N–C) groups is 2. The molecule has 4 aliphatic rings. The zero-order valence-corrected chi connectivity index (χ0v) is 31.3. The zero-order valence-electron chi connectivity index (χ0n) is 28.8. The van der Waals surface area contributed by atoms with Crippen molar-refractivity contribution in [3.8, 4) is 0 Å². The van der Waals surface area contributed by atoms with E-state index in [2.05, 4.69) is 175 Å². The minimum Gasteiger partial charge on any atom is -0.870 e. The van der Waals surface area contributed by atoms with Gasteiger partial charge in [0.1, 0.15) is 0 Å². The summed E-state index contributed by atoms with van der Waals surface area (Å²) in [5, 5.41) is 2.17. The van der Waals surface area contributed by atoms with Crippen LogP contribution < -0.4 is 10.7 Å². The Balaban J connectivity index is 0.00000200. The maximum atomic E-state index is 6.98. The standard InChI is InChI=1S/C44H28N4.CH3O.2H2O.Sb/c1-5-13-29(14-6-1)41-33-21-23-35(45-33)42(30-15-7-2-8-16-30)37-25-27-39(47-37)44(32-19-11-4-12-20-32)40-28-26-38(48-40)43(31-17-9-3-10-18-31)36-24-22-34(41)46-36;1-2;;;/h1-28H;1H3;2*1H2;/q-2;-1;;;+4/p-1. The number of rotatable bonds is 5.